The molecule has 4 nitrogen and oxygen atoms in total. The van der Waals surface area contributed by atoms with E-state index in [-0.39, 0.29) is 0 Å². The van der Waals surface area contributed by atoms with Crippen LogP contribution in [0.25, 0.3) is 114 Å². The Hall–Kier alpha value is -7.21. The summed E-state index contributed by atoms with van der Waals surface area (Å²) in [5, 5.41) is 12.1. The molecule has 0 unspecified atom stereocenters. The fraction of sp³-hybridized carbons (Fsp3) is 0. The van der Waals surface area contributed by atoms with Gasteiger partial charge in [0.15, 0.2) is 17.5 Å². The zero-order valence-corrected chi connectivity index (χ0v) is 30.8. The van der Waals surface area contributed by atoms with Crippen molar-refractivity contribution in [2.45, 2.75) is 0 Å². The summed E-state index contributed by atoms with van der Waals surface area (Å²) in [5.74, 6) is 1.96. The van der Waals surface area contributed by atoms with Crippen LogP contribution in [-0.4, -0.2) is 19.5 Å². The average Bonchev–Trinajstić information content (AvgIpc) is 3.80. The number of thiophene rings is 1. The number of hydrogen-bond acceptors (Lipinski definition) is 4. The Kier molecular flexibility index (Phi) is 6.76. The van der Waals surface area contributed by atoms with Gasteiger partial charge in [-0.25, -0.2) is 15.0 Å². The Morgan fingerprint density at radius 1 is 0.339 bits per heavy atom. The Balaban J connectivity index is 1.06. The summed E-state index contributed by atoms with van der Waals surface area (Å²) < 4.78 is 4.89. The molecule has 3 aromatic heterocycles. The average molecular weight is 731 g/mol. The minimum absolute atomic E-state index is 0.653. The molecular weight excluding hydrogens is 701 g/mol. The summed E-state index contributed by atoms with van der Waals surface area (Å²) in [6.07, 6.45) is 0. The van der Waals surface area contributed by atoms with E-state index in [1.165, 1.54) is 69.2 Å². The molecule has 0 N–H and O–H groups in total. The second-order valence-electron chi connectivity index (χ2n) is 14.5. The molecule has 0 radical (unpaired) electrons. The fourth-order valence-corrected chi connectivity index (χ4v) is 9.63. The van der Waals surface area contributed by atoms with Crippen LogP contribution in [0.5, 0.6) is 0 Å². The summed E-state index contributed by atoms with van der Waals surface area (Å²) in [5.41, 5.74) is 6.47. The van der Waals surface area contributed by atoms with E-state index in [0.29, 0.717) is 17.5 Å². The third-order valence-corrected chi connectivity index (χ3v) is 12.3. The third-order valence-electron chi connectivity index (χ3n) is 11.2. The predicted octanol–water partition coefficient (Wildman–Crippen LogP) is 13.8. The third kappa shape index (κ3) is 4.88. The summed E-state index contributed by atoms with van der Waals surface area (Å²) in [7, 11) is 0. The molecule has 0 amide bonds. The highest BCUT2D eigenvalue weighted by atomic mass is 32.1. The van der Waals surface area contributed by atoms with E-state index in [2.05, 4.69) is 187 Å². The van der Waals surface area contributed by atoms with E-state index < -0.39 is 0 Å². The lowest BCUT2D eigenvalue weighted by molar-refractivity contribution is 1.08. The van der Waals surface area contributed by atoms with Crippen molar-refractivity contribution in [3.63, 3.8) is 0 Å². The molecule has 12 aromatic rings. The van der Waals surface area contributed by atoms with Crippen LogP contribution < -0.4 is 0 Å². The molecule has 12 rings (SSSR count). The molecule has 56 heavy (non-hydrogen) atoms. The number of benzene rings is 9. The molecule has 0 aliphatic heterocycles. The lowest BCUT2D eigenvalue weighted by atomic mass is 10.0. The van der Waals surface area contributed by atoms with Gasteiger partial charge in [0.25, 0.3) is 0 Å². The topological polar surface area (TPSA) is 43.6 Å². The summed E-state index contributed by atoms with van der Waals surface area (Å²) >= 11 is 1.81. The van der Waals surface area contributed by atoms with E-state index in [1.54, 1.807) is 0 Å². The highest BCUT2D eigenvalue weighted by Gasteiger charge is 2.19. The second kappa shape index (κ2) is 12.2. The van der Waals surface area contributed by atoms with Gasteiger partial charge < -0.3 is 4.57 Å². The number of para-hydroxylation sites is 1. The van der Waals surface area contributed by atoms with Gasteiger partial charge in [-0.05, 0) is 80.8 Å². The maximum absolute atomic E-state index is 5.16. The van der Waals surface area contributed by atoms with Gasteiger partial charge in [-0.1, -0.05) is 133 Å². The quantitative estimate of drug-likeness (QED) is 0.181. The van der Waals surface area contributed by atoms with Gasteiger partial charge in [-0.2, -0.15) is 0 Å². The van der Waals surface area contributed by atoms with Gasteiger partial charge in [0.2, 0.25) is 0 Å². The van der Waals surface area contributed by atoms with Crippen molar-refractivity contribution in [2.75, 3.05) is 0 Å². The highest BCUT2D eigenvalue weighted by molar-refractivity contribution is 7.26. The highest BCUT2D eigenvalue weighted by Crippen LogP contribution is 2.43. The minimum Gasteiger partial charge on any atom is -0.309 e. The fourth-order valence-electron chi connectivity index (χ4n) is 8.47. The zero-order chi connectivity index (χ0) is 36.7. The van der Waals surface area contributed by atoms with Crippen LogP contribution in [0.3, 0.4) is 0 Å². The van der Waals surface area contributed by atoms with Crippen molar-refractivity contribution in [3.05, 3.63) is 182 Å². The maximum Gasteiger partial charge on any atom is 0.164 e. The second-order valence-corrected chi connectivity index (χ2v) is 15.5. The first-order valence-electron chi connectivity index (χ1n) is 18.8. The molecule has 9 aromatic carbocycles. The number of aromatic nitrogens is 4. The summed E-state index contributed by atoms with van der Waals surface area (Å²) in [6.45, 7) is 0. The SMILES string of the molecule is c1ccc2cc(-c3nc(-c4ccc5ccccc5c4)nc(-c4ccc5c(c4)sc4cccc(-n6c7ccccc7c7cc8ccccc8cc76)c45)n3)ccc2c1. The standard InChI is InChI=1S/C51H30N4S/c1-3-12-33-26-37(22-20-31(33)10-1)49-52-50(38-23-21-32-11-2-4-13-34(32)27-38)54-51(53-49)39-24-25-41-47(30-39)56-46-19-9-18-44(48(41)46)55-43-17-8-7-16-40(43)42-28-35-14-5-6-15-36(35)29-45(42)55/h1-30H. The Morgan fingerprint density at radius 2 is 0.875 bits per heavy atom. The number of hydrogen-bond donors (Lipinski definition) is 0. The zero-order valence-electron chi connectivity index (χ0n) is 30.0. The maximum atomic E-state index is 5.16. The first-order chi connectivity index (χ1) is 27.7. The Bertz CT molecular complexity index is 3460. The molecule has 0 saturated heterocycles. The molecule has 260 valence electrons. The molecule has 0 aliphatic carbocycles. The smallest absolute Gasteiger partial charge is 0.164 e. The molecule has 0 saturated carbocycles. The molecule has 3 heterocycles. The van der Waals surface area contributed by atoms with Crippen molar-refractivity contribution in [1.29, 1.82) is 0 Å². The van der Waals surface area contributed by atoms with Crippen LogP contribution in [0.15, 0.2) is 182 Å². The van der Waals surface area contributed by atoms with Crippen LogP contribution in [-0.2, 0) is 0 Å². The van der Waals surface area contributed by atoms with Gasteiger partial charge in [0.1, 0.15) is 0 Å². The Morgan fingerprint density at radius 3 is 1.54 bits per heavy atom. The van der Waals surface area contributed by atoms with Crippen LogP contribution in [0.4, 0.5) is 0 Å². The predicted molar refractivity (Wildman–Crippen MR) is 236 cm³/mol. The van der Waals surface area contributed by atoms with Gasteiger partial charge in [-0.3, -0.25) is 0 Å². The van der Waals surface area contributed by atoms with E-state index >= 15 is 0 Å². The molecule has 5 heteroatoms. The van der Waals surface area contributed by atoms with Gasteiger partial charge in [0.05, 0.1) is 16.7 Å². The first kappa shape index (κ1) is 31.2. The molecule has 0 fully saturated rings. The van der Waals surface area contributed by atoms with Crippen LogP contribution in [0.2, 0.25) is 0 Å². The van der Waals surface area contributed by atoms with Gasteiger partial charge >= 0.3 is 0 Å². The Labute approximate surface area is 325 Å². The normalized spacial score (nSPS) is 11.9. The van der Waals surface area contributed by atoms with E-state index in [0.717, 1.165) is 27.5 Å². The van der Waals surface area contributed by atoms with Crippen LogP contribution in [0.1, 0.15) is 0 Å². The van der Waals surface area contributed by atoms with E-state index in [9.17, 15) is 0 Å². The molecule has 0 bridgehead atoms. The molecular formula is C51H30N4S. The molecule has 0 aliphatic rings. The first-order valence-corrected chi connectivity index (χ1v) is 19.7. The van der Waals surface area contributed by atoms with Crippen LogP contribution in [0, 0.1) is 0 Å². The largest absolute Gasteiger partial charge is 0.309 e. The molecule has 0 spiro atoms. The number of fused-ring (bicyclic) bond motifs is 9. The molecule has 0 atom stereocenters. The van der Waals surface area contributed by atoms with Crippen LogP contribution >= 0.6 is 11.3 Å². The van der Waals surface area contributed by atoms with Crippen molar-refractivity contribution in [2.24, 2.45) is 0 Å². The summed E-state index contributed by atoms with van der Waals surface area (Å²) in [4.78, 5) is 15.4. The van der Waals surface area contributed by atoms with Gasteiger partial charge in [-0.15, -0.1) is 11.3 Å². The van der Waals surface area contributed by atoms with Crippen molar-refractivity contribution < 1.29 is 0 Å². The minimum atomic E-state index is 0.653. The number of rotatable bonds is 4. The number of nitrogens with zero attached hydrogens (tertiary/aromatic N) is 4. The van der Waals surface area contributed by atoms with Crippen molar-refractivity contribution in [1.82, 2.24) is 19.5 Å². The van der Waals surface area contributed by atoms with Crippen molar-refractivity contribution in [3.8, 4) is 39.9 Å². The summed E-state index contributed by atoms with van der Waals surface area (Å²) in [6, 6.07) is 65.1. The van der Waals surface area contributed by atoms with E-state index in [4.69, 9.17) is 15.0 Å². The van der Waals surface area contributed by atoms with Crippen molar-refractivity contribution >= 4 is 85.6 Å². The van der Waals surface area contributed by atoms with Gasteiger partial charge in [0, 0.05) is 47.6 Å². The lowest BCUT2D eigenvalue weighted by Crippen LogP contribution is -2.00. The lowest BCUT2D eigenvalue weighted by Gasteiger charge is -2.11. The monoisotopic (exact) mass is 730 g/mol. The van der Waals surface area contributed by atoms with E-state index in [1.807, 2.05) is 11.3 Å².